The number of hydrogen-bond donors (Lipinski definition) is 0. The van der Waals surface area contributed by atoms with Crippen LogP contribution in [-0.4, -0.2) is 56.4 Å². The number of aryl methyl sites for hydroxylation is 2. The number of likely N-dealkylation sites (tertiary alicyclic amines) is 1. The molecule has 1 atom stereocenters. The molecule has 1 amide bonds. The largest absolute Gasteiger partial charge is 0.379 e. The zero-order valence-corrected chi connectivity index (χ0v) is 18.3. The third-order valence-electron chi connectivity index (χ3n) is 5.96. The zero-order valence-electron chi connectivity index (χ0n) is 17.5. The van der Waals surface area contributed by atoms with Crippen LogP contribution in [0.2, 0.25) is 0 Å². The number of morpholine rings is 1. The third kappa shape index (κ3) is 4.02. The van der Waals surface area contributed by atoms with Gasteiger partial charge in [0.05, 0.1) is 24.2 Å². The highest BCUT2D eigenvalue weighted by molar-refractivity contribution is 7.89. The summed E-state index contributed by atoms with van der Waals surface area (Å²) >= 11 is 0. The molecule has 2 aromatic rings. The van der Waals surface area contributed by atoms with Gasteiger partial charge in [-0.25, -0.2) is 8.42 Å². The van der Waals surface area contributed by atoms with E-state index >= 15 is 0 Å². The van der Waals surface area contributed by atoms with Crippen LogP contribution in [0.3, 0.4) is 0 Å². The molecule has 0 bridgehead atoms. The average Bonchev–Trinajstić information content (AvgIpc) is 3.24. The Morgan fingerprint density at radius 1 is 1.03 bits per heavy atom. The van der Waals surface area contributed by atoms with Gasteiger partial charge < -0.3 is 9.64 Å². The number of ether oxygens (including phenoxy) is 1. The monoisotopic (exact) mass is 428 g/mol. The van der Waals surface area contributed by atoms with Gasteiger partial charge in [0, 0.05) is 25.2 Å². The number of carbonyl (C=O) groups is 1. The number of sulfonamides is 1. The summed E-state index contributed by atoms with van der Waals surface area (Å²) in [7, 11) is -3.66. The maximum absolute atomic E-state index is 13.4. The summed E-state index contributed by atoms with van der Waals surface area (Å²) in [6.07, 6.45) is 1.86. The fourth-order valence-corrected chi connectivity index (χ4v) is 6.00. The summed E-state index contributed by atoms with van der Waals surface area (Å²) in [6, 6.07) is 13.3. The van der Waals surface area contributed by atoms with Crippen LogP contribution >= 0.6 is 0 Å². The zero-order chi connectivity index (χ0) is 21.3. The SMILES string of the molecule is Cc1cccc(C2CCCN2C(=O)c2ccc(C)c(S(=O)(=O)N3CCOCC3)c2)c1. The van der Waals surface area contributed by atoms with Gasteiger partial charge in [-0.15, -0.1) is 0 Å². The maximum atomic E-state index is 13.4. The average molecular weight is 429 g/mol. The molecule has 160 valence electrons. The van der Waals surface area contributed by atoms with Crippen molar-refractivity contribution < 1.29 is 17.9 Å². The first-order valence-electron chi connectivity index (χ1n) is 10.4. The molecule has 0 aromatic heterocycles. The number of carbonyl (C=O) groups excluding carboxylic acids is 1. The Balaban J connectivity index is 1.64. The molecular weight excluding hydrogens is 400 g/mol. The fourth-order valence-electron chi connectivity index (χ4n) is 4.34. The Morgan fingerprint density at radius 3 is 2.53 bits per heavy atom. The molecule has 2 aromatic carbocycles. The second-order valence-corrected chi connectivity index (χ2v) is 9.97. The van der Waals surface area contributed by atoms with Gasteiger partial charge in [-0.3, -0.25) is 4.79 Å². The molecule has 6 nitrogen and oxygen atoms in total. The molecule has 0 saturated carbocycles. The van der Waals surface area contributed by atoms with Crippen LogP contribution in [0.25, 0.3) is 0 Å². The topological polar surface area (TPSA) is 66.9 Å². The molecule has 2 saturated heterocycles. The van der Waals surface area contributed by atoms with Gasteiger partial charge in [-0.05, 0) is 49.9 Å². The lowest BCUT2D eigenvalue weighted by molar-refractivity contribution is 0.0727. The van der Waals surface area contributed by atoms with E-state index in [1.165, 1.54) is 9.87 Å². The molecule has 0 spiro atoms. The van der Waals surface area contributed by atoms with Gasteiger partial charge in [0.1, 0.15) is 0 Å². The highest BCUT2D eigenvalue weighted by Gasteiger charge is 2.33. The van der Waals surface area contributed by atoms with E-state index in [1.54, 1.807) is 25.1 Å². The van der Waals surface area contributed by atoms with Crippen molar-refractivity contribution in [3.8, 4) is 0 Å². The number of amides is 1. The minimum Gasteiger partial charge on any atom is -0.379 e. The third-order valence-corrected chi connectivity index (χ3v) is 8.00. The van der Waals surface area contributed by atoms with Crippen LogP contribution in [-0.2, 0) is 14.8 Å². The van der Waals surface area contributed by atoms with Crippen molar-refractivity contribution in [2.24, 2.45) is 0 Å². The second kappa shape index (κ2) is 8.49. The van der Waals surface area contributed by atoms with Crippen molar-refractivity contribution in [1.29, 1.82) is 0 Å². The molecule has 30 heavy (non-hydrogen) atoms. The number of hydrogen-bond acceptors (Lipinski definition) is 4. The molecule has 2 aliphatic heterocycles. The molecule has 2 fully saturated rings. The van der Waals surface area contributed by atoms with E-state index in [1.807, 2.05) is 24.0 Å². The van der Waals surface area contributed by atoms with E-state index in [-0.39, 0.29) is 16.8 Å². The van der Waals surface area contributed by atoms with E-state index in [4.69, 9.17) is 4.74 Å². The standard InChI is InChI=1S/C23H28N2O4S/c1-17-5-3-6-19(15-17)21-7-4-10-25(21)23(26)20-9-8-18(2)22(16-20)30(27,28)24-11-13-29-14-12-24/h3,5-6,8-9,15-16,21H,4,7,10-14H2,1-2H3. The molecule has 1 unspecified atom stereocenters. The summed E-state index contributed by atoms with van der Waals surface area (Å²) in [5.74, 6) is -0.113. The fraction of sp³-hybridized carbons (Fsp3) is 0.435. The molecule has 2 heterocycles. The number of nitrogens with zero attached hydrogens (tertiary/aromatic N) is 2. The normalized spacial score (nSPS) is 20.5. The first kappa shape index (κ1) is 21.0. The van der Waals surface area contributed by atoms with Crippen LogP contribution in [0.5, 0.6) is 0 Å². The molecule has 0 aliphatic carbocycles. The van der Waals surface area contributed by atoms with Crippen LogP contribution in [0.15, 0.2) is 47.4 Å². The van der Waals surface area contributed by atoms with E-state index < -0.39 is 10.0 Å². The molecule has 2 aliphatic rings. The maximum Gasteiger partial charge on any atom is 0.254 e. The van der Waals surface area contributed by atoms with Gasteiger partial charge in [-0.1, -0.05) is 35.9 Å². The number of benzene rings is 2. The summed E-state index contributed by atoms with van der Waals surface area (Å²) < 4.78 is 33.1. The van der Waals surface area contributed by atoms with Gasteiger partial charge in [0.25, 0.3) is 5.91 Å². The van der Waals surface area contributed by atoms with Crippen LogP contribution < -0.4 is 0 Å². The molecular formula is C23H28N2O4S. The van der Waals surface area contributed by atoms with Gasteiger partial charge in [0.2, 0.25) is 10.0 Å². The Bertz CT molecular complexity index is 1040. The minimum absolute atomic E-state index is 0.0259. The molecule has 0 N–H and O–H groups in total. The summed E-state index contributed by atoms with van der Waals surface area (Å²) in [6.45, 7) is 5.95. The predicted molar refractivity (Wildman–Crippen MR) is 115 cm³/mol. The smallest absolute Gasteiger partial charge is 0.254 e. The van der Waals surface area contributed by atoms with E-state index in [0.29, 0.717) is 44.0 Å². The van der Waals surface area contributed by atoms with E-state index in [9.17, 15) is 13.2 Å². The first-order valence-corrected chi connectivity index (χ1v) is 11.9. The minimum atomic E-state index is -3.66. The quantitative estimate of drug-likeness (QED) is 0.749. The predicted octanol–water partition coefficient (Wildman–Crippen LogP) is 3.30. The van der Waals surface area contributed by atoms with Gasteiger partial charge in [-0.2, -0.15) is 4.31 Å². The second-order valence-electron chi connectivity index (χ2n) is 8.07. The van der Waals surface area contributed by atoms with Crippen molar-refractivity contribution >= 4 is 15.9 Å². The summed E-state index contributed by atoms with van der Waals surface area (Å²) in [5.41, 5.74) is 3.37. The Hall–Kier alpha value is -2.22. The summed E-state index contributed by atoms with van der Waals surface area (Å²) in [5, 5.41) is 0. The van der Waals surface area contributed by atoms with Crippen molar-refractivity contribution in [2.75, 3.05) is 32.8 Å². The van der Waals surface area contributed by atoms with Crippen LogP contribution in [0, 0.1) is 13.8 Å². The Kier molecular flexibility index (Phi) is 5.95. The van der Waals surface area contributed by atoms with Gasteiger partial charge >= 0.3 is 0 Å². The van der Waals surface area contributed by atoms with Crippen LogP contribution in [0.4, 0.5) is 0 Å². The lowest BCUT2D eigenvalue weighted by Gasteiger charge is -2.28. The first-order chi connectivity index (χ1) is 14.4. The lowest BCUT2D eigenvalue weighted by Crippen LogP contribution is -2.41. The summed E-state index contributed by atoms with van der Waals surface area (Å²) in [4.78, 5) is 15.5. The Morgan fingerprint density at radius 2 is 1.80 bits per heavy atom. The molecule has 4 rings (SSSR count). The molecule has 7 heteroatoms. The van der Waals surface area contributed by atoms with Crippen molar-refractivity contribution in [3.63, 3.8) is 0 Å². The number of rotatable bonds is 4. The Labute approximate surface area is 178 Å². The van der Waals surface area contributed by atoms with E-state index in [2.05, 4.69) is 12.1 Å². The highest BCUT2D eigenvalue weighted by atomic mass is 32.2. The van der Waals surface area contributed by atoms with Crippen molar-refractivity contribution in [3.05, 3.63) is 64.7 Å². The van der Waals surface area contributed by atoms with Crippen LogP contribution in [0.1, 0.15) is 45.9 Å². The lowest BCUT2D eigenvalue weighted by atomic mass is 10.0. The van der Waals surface area contributed by atoms with E-state index in [0.717, 1.165) is 18.4 Å². The van der Waals surface area contributed by atoms with Crippen molar-refractivity contribution in [1.82, 2.24) is 9.21 Å². The van der Waals surface area contributed by atoms with Gasteiger partial charge in [0.15, 0.2) is 0 Å². The van der Waals surface area contributed by atoms with Crippen molar-refractivity contribution in [2.45, 2.75) is 37.6 Å². The molecule has 0 radical (unpaired) electrons. The highest BCUT2D eigenvalue weighted by Crippen LogP contribution is 2.34.